The number of H-pyrrole nitrogens is 1. The lowest BCUT2D eigenvalue weighted by atomic mass is 10.1. The van der Waals surface area contributed by atoms with Gasteiger partial charge in [-0.25, -0.2) is 13.9 Å². The van der Waals surface area contributed by atoms with Crippen LogP contribution in [0.2, 0.25) is 0 Å². The van der Waals surface area contributed by atoms with Gasteiger partial charge in [-0.05, 0) is 0 Å². The van der Waals surface area contributed by atoms with E-state index >= 15 is 0 Å². The number of nitrogens with zero attached hydrogens (tertiary/aromatic N) is 1. The molecule has 1 unspecified atom stereocenters. The van der Waals surface area contributed by atoms with Crippen LogP contribution in [0.25, 0.3) is 0 Å². The molecule has 7 N–H and O–H groups in total. The maximum absolute atomic E-state index is 12.0. The van der Waals surface area contributed by atoms with Gasteiger partial charge in [-0.1, -0.05) is 12.2 Å². The topological polar surface area (TPSA) is 221 Å². The van der Waals surface area contributed by atoms with Crippen LogP contribution in [0.4, 0.5) is 0 Å². The van der Waals surface area contributed by atoms with Crippen molar-refractivity contribution in [1.82, 2.24) is 9.55 Å². The number of aliphatic hydroxyl groups is 3. The molecule has 1 aliphatic heterocycles. The first-order chi connectivity index (χ1) is 11.8. The number of phosphoric acid groups is 2. The van der Waals surface area contributed by atoms with Gasteiger partial charge in [0, 0.05) is 0 Å². The summed E-state index contributed by atoms with van der Waals surface area (Å²) >= 11 is 4.71. The summed E-state index contributed by atoms with van der Waals surface area (Å²) in [5, 5.41) is 28.7. The molecular weight excluding hydrogens is 422 g/mol. The standard InChI is InChI=1S/C9H14N2O12P2S/c12-2-4-5(13)6(14)8(21-4)11-1-3(7(26)10-9(11)15)22-25(19,20)23-24(16,17)18/h1,4-6,8,12-14H,2H2,(H,19,20)(H,10,15,26)(H2,16,17,18)/t4-,5-,6-,8-/m1/s1. The molecule has 0 bridgehead atoms. The number of nitrogens with one attached hydrogen (secondary N) is 1. The molecule has 0 aromatic carbocycles. The minimum atomic E-state index is -5.39. The van der Waals surface area contributed by atoms with Crippen molar-refractivity contribution in [3.8, 4) is 5.75 Å². The number of rotatable bonds is 6. The summed E-state index contributed by atoms with van der Waals surface area (Å²) < 4.78 is 35.5. The van der Waals surface area contributed by atoms with Crippen LogP contribution < -0.4 is 10.2 Å². The van der Waals surface area contributed by atoms with Gasteiger partial charge in [-0.2, -0.15) is 4.31 Å². The molecule has 148 valence electrons. The van der Waals surface area contributed by atoms with Crippen LogP contribution in [0.5, 0.6) is 5.75 Å². The van der Waals surface area contributed by atoms with Crippen molar-refractivity contribution in [3.05, 3.63) is 21.3 Å². The van der Waals surface area contributed by atoms with E-state index < -0.39 is 62.9 Å². The SMILES string of the molecule is O=c1[nH]c(=S)c(OP(=O)(O)OP(=O)(O)O)cn1[C@@H]1O[C@H](CO)[C@@H](O)[C@H]1O. The van der Waals surface area contributed by atoms with E-state index in [4.69, 9.17) is 31.8 Å². The van der Waals surface area contributed by atoms with E-state index in [2.05, 4.69) is 8.83 Å². The van der Waals surface area contributed by atoms with Crippen LogP contribution in [0.15, 0.2) is 11.0 Å². The molecule has 0 spiro atoms. The summed E-state index contributed by atoms with van der Waals surface area (Å²) in [6.07, 6.45) is -5.23. The number of aromatic amines is 1. The molecule has 2 heterocycles. The monoisotopic (exact) mass is 436 g/mol. The summed E-state index contributed by atoms with van der Waals surface area (Å²) in [6.45, 7) is -0.669. The van der Waals surface area contributed by atoms with Gasteiger partial charge in [0.25, 0.3) is 0 Å². The Balaban J connectivity index is 2.39. The van der Waals surface area contributed by atoms with Gasteiger partial charge in [0.15, 0.2) is 16.6 Å². The van der Waals surface area contributed by atoms with Crippen LogP contribution in [-0.4, -0.2) is 64.5 Å². The summed E-state index contributed by atoms with van der Waals surface area (Å²) in [4.78, 5) is 40.5. The van der Waals surface area contributed by atoms with Crippen molar-refractivity contribution in [2.24, 2.45) is 0 Å². The largest absolute Gasteiger partial charge is 0.536 e. The number of phosphoric ester groups is 1. The smallest absolute Gasteiger partial charge is 0.399 e. The Bertz CT molecular complexity index is 878. The minimum absolute atomic E-state index is 0.526. The van der Waals surface area contributed by atoms with Gasteiger partial charge in [-0.3, -0.25) is 14.4 Å². The van der Waals surface area contributed by atoms with Crippen molar-refractivity contribution in [2.75, 3.05) is 6.61 Å². The van der Waals surface area contributed by atoms with Crippen LogP contribution in [-0.2, 0) is 18.2 Å². The van der Waals surface area contributed by atoms with Gasteiger partial charge >= 0.3 is 21.3 Å². The Labute approximate surface area is 149 Å². The lowest BCUT2D eigenvalue weighted by Gasteiger charge is -2.19. The van der Waals surface area contributed by atoms with E-state index in [0.29, 0.717) is 10.8 Å². The molecule has 0 saturated carbocycles. The van der Waals surface area contributed by atoms with E-state index in [1.54, 1.807) is 0 Å². The second-order valence-corrected chi connectivity index (χ2v) is 8.18. The zero-order valence-electron chi connectivity index (χ0n) is 12.5. The average Bonchev–Trinajstić information content (AvgIpc) is 2.75. The fourth-order valence-electron chi connectivity index (χ4n) is 2.11. The first-order valence-corrected chi connectivity index (χ1v) is 10.1. The van der Waals surface area contributed by atoms with E-state index in [0.717, 1.165) is 0 Å². The maximum atomic E-state index is 12.0. The molecule has 14 nitrogen and oxygen atoms in total. The van der Waals surface area contributed by atoms with Gasteiger partial charge in [-0.15, -0.1) is 0 Å². The minimum Gasteiger partial charge on any atom is -0.399 e. The number of ether oxygens (including phenoxy) is 1. The highest BCUT2D eigenvalue weighted by atomic mass is 32.1. The van der Waals surface area contributed by atoms with Crippen LogP contribution in [0.3, 0.4) is 0 Å². The molecule has 1 saturated heterocycles. The normalized spacial score (nSPS) is 28.7. The zero-order chi connectivity index (χ0) is 19.9. The predicted octanol–water partition coefficient (Wildman–Crippen LogP) is -1.89. The fraction of sp³-hybridized carbons (Fsp3) is 0.556. The maximum Gasteiger partial charge on any atom is 0.536 e. The summed E-state index contributed by atoms with van der Waals surface area (Å²) in [7, 11) is -10.7. The highest BCUT2D eigenvalue weighted by Crippen LogP contribution is 2.57. The second-order valence-electron chi connectivity index (χ2n) is 5.02. The molecule has 2 rings (SSSR count). The van der Waals surface area contributed by atoms with E-state index in [9.17, 15) is 29.0 Å². The van der Waals surface area contributed by atoms with Crippen molar-refractivity contribution in [1.29, 1.82) is 0 Å². The van der Waals surface area contributed by atoms with Crippen molar-refractivity contribution < 1.29 is 52.7 Å². The number of hydrogen-bond acceptors (Lipinski definition) is 10. The van der Waals surface area contributed by atoms with E-state index in [1.807, 2.05) is 4.98 Å². The third-order valence-electron chi connectivity index (χ3n) is 3.15. The predicted molar refractivity (Wildman–Crippen MR) is 82.5 cm³/mol. The fourth-order valence-corrected chi connectivity index (χ4v) is 3.95. The van der Waals surface area contributed by atoms with E-state index in [1.165, 1.54) is 0 Å². The second kappa shape index (κ2) is 7.58. The molecule has 26 heavy (non-hydrogen) atoms. The number of aliphatic hydroxyl groups excluding tert-OH is 3. The summed E-state index contributed by atoms with van der Waals surface area (Å²) in [5.41, 5.74) is -0.971. The van der Waals surface area contributed by atoms with Crippen molar-refractivity contribution in [2.45, 2.75) is 24.5 Å². The molecule has 1 aromatic rings. The van der Waals surface area contributed by atoms with Gasteiger partial charge in [0.05, 0.1) is 12.8 Å². The van der Waals surface area contributed by atoms with Gasteiger partial charge in [0.2, 0.25) is 0 Å². The average molecular weight is 436 g/mol. The molecule has 1 aromatic heterocycles. The number of hydrogen-bond donors (Lipinski definition) is 7. The van der Waals surface area contributed by atoms with Crippen LogP contribution in [0.1, 0.15) is 6.23 Å². The third-order valence-corrected chi connectivity index (χ3v) is 5.56. The Hall–Kier alpha value is -0.960. The summed E-state index contributed by atoms with van der Waals surface area (Å²) in [6, 6.07) is 0. The van der Waals surface area contributed by atoms with Gasteiger partial charge < -0.3 is 34.4 Å². The Kier molecular flexibility index (Phi) is 6.22. The number of aromatic nitrogens is 2. The Morgan fingerprint density at radius 2 is 1.88 bits per heavy atom. The quantitative estimate of drug-likeness (QED) is 0.192. The molecular formula is C9H14N2O12P2S. The first kappa shape index (κ1) is 21.3. The highest BCUT2D eigenvalue weighted by Gasteiger charge is 2.44. The Morgan fingerprint density at radius 3 is 2.38 bits per heavy atom. The van der Waals surface area contributed by atoms with E-state index in [-0.39, 0.29) is 0 Å². The molecule has 0 radical (unpaired) electrons. The molecule has 1 aliphatic rings. The third kappa shape index (κ3) is 4.85. The lowest BCUT2D eigenvalue weighted by Crippen LogP contribution is -2.36. The zero-order valence-corrected chi connectivity index (χ0v) is 15.1. The van der Waals surface area contributed by atoms with Gasteiger partial charge in [0.1, 0.15) is 18.3 Å². The first-order valence-electron chi connectivity index (χ1n) is 6.62. The van der Waals surface area contributed by atoms with Crippen molar-refractivity contribution in [3.63, 3.8) is 0 Å². The highest BCUT2D eigenvalue weighted by molar-refractivity contribution is 7.71. The summed E-state index contributed by atoms with van der Waals surface area (Å²) in [5.74, 6) is -0.711. The van der Waals surface area contributed by atoms with Crippen molar-refractivity contribution >= 4 is 27.9 Å². The molecule has 5 atom stereocenters. The van der Waals surface area contributed by atoms with Crippen LogP contribution in [0, 0.1) is 4.64 Å². The lowest BCUT2D eigenvalue weighted by molar-refractivity contribution is -0.0551. The molecule has 0 aliphatic carbocycles. The van der Waals surface area contributed by atoms with Crippen LogP contribution >= 0.6 is 27.9 Å². The Morgan fingerprint density at radius 1 is 1.27 bits per heavy atom. The molecule has 17 heteroatoms. The molecule has 1 fully saturated rings. The molecule has 0 amide bonds.